The van der Waals surface area contributed by atoms with Gasteiger partial charge in [0.1, 0.15) is 5.82 Å². The standard InChI is InChI=1S/C13H9BrF4N2/c14-12-2-1-10(4-11(12)13(16,17)18)20-6-8-3-9(15)7-19-5-8/h1-5,7,20H,6H2. The molecule has 0 fully saturated rings. The van der Waals surface area contributed by atoms with Gasteiger partial charge in [-0.3, -0.25) is 4.98 Å². The number of alkyl halides is 3. The summed E-state index contributed by atoms with van der Waals surface area (Å²) in [4.78, 5) is 3.66. The van der Waals surface area contributed by atoms with E-state index in [2.05, 4.69) is 26.2 Å². The fourth-order valence-electron chi connectivity index (χ4n) is 1.61. The van der Waals surface area contributed by atoms with E-state index in [1.165, 1.54) is 24.4 Å². The maximum atomic E-state index is 12.9. The molecule has 7 heteroatoms. The number of pyridine rings is 1. The molecule has 1 N–H and O–H groups in total. The molecule has 0 bridgehead atoms. The molecule has 0 atom stereocenters. The average Bonchev–Trinajstić information content (AvgIpc) is 2.36. The predicted molar refractivity (Wildman–Crippen MR) is 70.7 cm³/mol. The minimum atomic E-state index is -4.43. The lowest BCUT2D eigenvalue weighted by Crippen LogP contribution is -2.08. The van der Waals surface area contributed by atoms with Gasteiger partial charge < -0.3 is 5.32 Å². The first-order chi connectivity index (χ1) is 9.36. The van der Waals surface area contributed by atoms with Crippen molar-refractivity contribution in [1.29, 1.82) is 0 Å². The molecule has 1 aromatic heterocycles. The summed E-state index contributed by atoms with van der Waals surface area (Å²) in [5, 5.41) is 2.80. The van der Waals surface area contributed by atoms with E-state index >= 15 is 0 Å². The van der Waals surface area contributed by atoms with Gasteiger partial charge in [0.25, 0.3) is 0 Å². The van der Waals surface area contributed by atoms with Crippen LogP contribution in [0.15, 0.2) is 41.1 Å². The van der Waals surface area contributed by atoms with Gasteiger partial charge in [-0.1, -0.05) is 15.9 Å². The van der Waals surface area contributed by atoms with E-state index in [4.69, 9.17) is 0 Å². The first-order valence-corrected chi connectivity index (χ1v) is 6.35. The third kappa shape index (κ3) is 3.69. The number of benzene rings is 1. The second kappa shape index (κ2) is 5.78. The molecule has 0 radical (unpaired) electrons. The maximum absolute atomic E-state index is 12.9. The zero-order chi connectivity index (χ0) is 14.8. The van der Waals surface area contributed by atoms with Gasteiger partial charge in [0, 0.05) is 22.9 Å². The fourth-order valence-corrected chi connectivity index (χ4v) is 2.08. The summed E-state index contributed by atoms with van der Waals surface area (Å²) < 4.78 is 51.1. The molecular formula is C13H9BrF4N2. The van der Waals surface area contributed by atoms with E-state index in [9.17, 15) is 17.6 Å². The molecule has 1 aromatic carbocycles. The van der Waals surface area contributed by atoms with Crippen molar-refractivity contribution >= 4 is 21.6 Å². The normalized spacial score (nSPS) is 11.4. The highest BCUT2D eigenvalue weighted by atomic mass is 79.9. The van der Waals surface area contributed by atoms with Gasteiger partial charge in [0.15, 0.2) is 0 Å². The molecule has 0 amide bonds. The number of hydrogen-bond donors (Lipinski definition) is 1. The number of nitrogens with zero attached hydrogens (tertiary/aromatic N) is 1. The summed E-state index contributed by atoms with van der Waals surface area (Å²) in [7, 11) is 0. The quantitative estimate of drug-likeness (QED) is 0.819. The van der Waals surface area contributed by atoms with Gasteiger partial charge in [-0.05, 0) is 29.8 Å². The number of hydrogen-bond acceptors (Lipinski definition) is 2. The molecular weight excluding hydrogens is 340 g/mol. The number of aromatic nitrogens is 1. The van der Waals surface area contributed by atoms with Crippen molar-refractivity contribution in [2.24, 2.45) is 0 Å². The monoisotopic (exact) mass is 348 g/mol. The Bertz CT molecular complexity index is 614. The lowest BCUT2D eigenvalue weighted by molar-refractivity contribution is -0.138. The minimum Gasteiger partial charge on any atom is -0.381 e. The molecule has 2 aromatic rings. The van der Waals surface area contributed by atoms with Crippen molar-refractivity contribution in [1.82, 2.24) is 4.98 Å². The molecule has 106 valence electrons. The summed E-state index contributed by atoms with van der Waals surface area (Å²) >= 11 is 2.86. The van der Waals surface area contributed by atoms with E-state index < -0.39 is 17.6 Å². The molecule has 0 aliphatic rings. The largest absolute Gasteiger partial charge is 0.417 e. The third-order valence-corrected chi connectivity index (χ3v) is 3.22. The van der Waals surface area contributed by atoms with Crippen molar-refractivity contribution in [3.8, 4) is 0 Å². The molecule has 1 heterocycles. The van der Waals surface area contributed by atoms with Crippen molar-refractivity contribution in [2.75, 3.05) is 5.32 Å². The molecule has 20 heavy (non-hydrogen) atoms. The second-order valence-corrected chi connectivity index (χ2v) is 4.91. The summed E-state index contributed by atoms with van der Waals surface area (Å²) in [6.07, 6.45) is -1.93. The molecule has 0 aliphatic heterocycles. The molecule has 2 nitrogen and oxygen atoms in total. The van der Waals surface area contributed by atoms with Crippen molar-refractivity contribution in [2.45, 2.75) is 12.7 Å². The lowest BCUT2D eigenvalue weighted by Gasteiger charge is -2.12. The summed E-state index contributed by atoms with van der Waals surface area (Å²) in [6.45, 7) is 0.184. The highest BCUT2D eigenvalue weighted by Gasteiger charge is 2.33. The molecule has 0 saturated carbocycles. The molecule has 0 unspecified atom stereocenters. The Balaban J connectivity index is 2.14. The Hall–Kier alpha value is -1.63. The lowest BCUT2D eigenvalue weighted by atomic mass is 10.2. The predicted octanol–water partition coefficient (Wildman–Crippen LogP) is 4.61. The summed E-state index contributed by atoms with van der Waals surface area (Å²) in [6, 6.07) is 5.08. The van der Waals surface area contributed by atoms with Gasteiger partial charge in [0.05, 0.1) is 11.8 Å². The van der Waals surface area contributed by atoms with Crippen LogP contribution >= 0.6 is 15.9 Å². The first kappa shape index (κ1) is 14.8. The van der Waals surface area contributed by atoms with Crippen molar-refractivity contribution in [3.63, 3.8) is 0 Å². The molecule has 2 rings (SSSR count). The SMILES string of the molecule is Fc1cncc(CNc2ccc(Br)c(C(F)(F)F)c2)c1. The van der Waals surface area contributed by atoms with E-state index in [-0.39, 0.29) is 11.0 Å². The van der Waals surface area contributed by atoms with E-state index in [0.29, 0.717) is 11.3 Å². The zero-order valence-corrected chi connectivity index (χ0v) is 11.6. The van der Waals surface area contributed by atoms with Crippen LogP contribution in [0.2, 0.25) is 0 Å². The van der Waals surface area contributed by atoms with Crippen molar-refractivity contribution < 1.29 is 17.6 Å². The van der Waals surface area contributed by atoms with Crippen LogP contribution in [-0.4, -0.2) is 4.98 Å². The average molecular weight is 349 g/mol. The Morgan fingerprint density at radius 3 is 2.55 bits per heavy atom. The number of nitrogens with one attached hydrogen (secondary N) is 1. The number of rotatable bonds is 3. The highest BCUT2D eigenvalue weighted by molar-refractivity contribution is 9.10. The molecule has 0 saturated heterocycles. The Morgan fingerprint density at radius 2 is 1.90 bits per heavy atom. The van der Waals surface area contributed by atoms with Crippen LogP contribution in [0, 0.1) is 5.82 Å². The second-order valence-electron chi connectivity index (χ2n) is 4.06. The molecule has 0 aliphatic carbocycles. The van der Waals surface area contributed by atoms with E-state index in [0.717, 1.165) is 12.3 Å². The van der Waals surface area contributed by atoms with E-state index in [1.807, 2.05) is 0 Å². The van der Waals surface area contributed by atoms with Crippen LogP contribution in [0.1, 0.15) is 11.1 Å². The summed E-state index contributed by atoms with van der Waals surface area (Å²) in [5.41, 5.74) is 0.0751. The van der Waals surface area contributed by atoms with Gasteiger partial charge in [-0.2, -0.15) is 13.2 Å². The van der Waals surface area contributed by atoms with E-state index in [1.54, 1.807) is 0 Å². The number of anilines is 1. The zero-order valence-electron chi connectivity index (χ0n) is 10.0. The Labute approximate surface area is 121 Å². The topological polar surface area (TPSA) is 24.9 Å². The van der Waals surface area contributed by atoms with Crippen LogP contribution < -0.4 is 5.32 Å². The van der Waals surface area contributed by atoms with Crippen LogP contribution in [0.3, 0.4) is 0 Å². The number of halogens is 5. The van der Waals surface area contributed by atoms with Crippen LogP contribution in [0.4, 0.5) is 23.2 Å². The van der Waals surface area contributed by atoms with Crippen LogP contribution in [0.5, 0.6) is 0 Å². The van der Waals surface area contributed by atoms with Crippen LogP contribution in [0.25, 0.3) is 0 Å². The first-order valence-electron chi connectivity index (χ1n) is 5.56. The van der Waals surface area contributed by atoms with Gasteiger partial charge in [-0.25, -0.2) is 4.39 Å². The Morgan fingerprint density at radius 1 is 1.15 bits per heavy atom. The maximum Gasteiger partial charge on any atom is 0.417 e. The Kier molecular flexibility index (Phi) is 4.27. The smallest absolute Gasteiger partial charge is 0.381 e. The highest BCUT2D eigenvalue weighted by Crippen LogP contribution is 2.36. The van der Waals surface area contributed by atoms with Crippen molar-refractivity contribution in [3.05, 3.63) is 58.1 Å². The molecule has 0 spiro atoms. The van der Waals surface area contributed by atoms with Gasteiger partial charge in [0.2, 0.25) is 0 Å². The third-order valence-electron chi connectivity index (χ3n) is 2.53. The fraction of sp³-hybridized carbons (Fsp3) is 0.154. The van der Waals surface area contributed by atoms with Crippen LogP contribution in [-0.2, 0) is 12.7 Å². The van der Waals surface area contributed by atoms with Gasteiger partial charge in [-0.15, -0.1) is 0 Å². The van der Waals surface area contributed by atoms with Gasteiger partial charge >= 0.3 is 6.18 Å². The minimum absolute atomic E-state index is 0.0250. The summed E-state index contributed by atoms with van der Waals surface area (Å²) in [5.74, 6) is -0.490.